The van der Waals surface area contributed by atoms with E-state index in [0.717, 1.165) is 33.3 Å². The monoisotopic (exact) mass is 431 g/mol. The van der Waals surface area contributed by atoms with Crippen LogP contribution in [0.2, 0.25) is 0 Å². The van der Waals surface area contributed by atoms with Crippen LogP contribution in [0.5, 0.6) is 0 Å². The molecule has 2 unspecified atom stereocenters. The Hall–Kier alpha value is -2.72. The summed E-state index contributed by atoms with van der Waals surface area (Å²) >= 11 is 3.57. The number of benzene rings is 3. The lowest BCUT2D eigenvalue weighted by molar-refractivity contribution is 0.0964. The summed E-state index contributed by atoms with van der Waals surface area (Å²) in [5.74, 6) is 0.247. The van der Waals surface area contributed by atoms with Crippen LogP contribution in [0.15, 0.2) is 77.3 Å². The highest BCUT2D eigenvalue weighted by molar-refractivity contribution is 9.10. The number of halogens is 1. The van der Waals surface area contributed by atoms with E-state index in [-0.39, 0.29) is 23.7 Å². The topological polar surface area (TPSA) is 37.4 Å². The minimum atomic E-state index is -0.106. The summed E-state index contributed by atoms with van der Waals surface area (Å²) in [6.07, 6.45) is 1.27. The van der Waals surface area contributed by atoms with Gasteiger partial charge >= 0.3 is 0 Å². The molecule has 1 heterocycles. The molecule has 0 bridgehead atoms. The third kappa shape index (κ3) is 2.55. The number of carbonyl (C=O) groups is 2. The Balaban J connectivity index is 1.74. The van der Waals surface area contributed by atoms with E-state index in [1.807, 2.05) is 65.6 Å². The maximum absolute atomic E-state index is 13.6. The summed E-state index contributed by atoms with van der Waals surface area (Å²) in [4.78, 5) is 28.2. The molecule has 3 nitrogen and oxygen atoms in total. The van der Waals surface area contributed by atoms with Crippen molar-refractivity contribution in [2.45, 2.75) is 24.8 Å². The van der Waals surface area contributed by atoms with E-state index in [9.17, 15) is 9.59 Å². The smallest absolute Gasteiger partial charge is 0.258 e. The molecular formula is C24H18BrNO2. The predicted octanol–water partition coefficient (Wildman–Crippen LogP) is 5.91. The Bertz CT molecular complexity index is 1080. The van der Waals surface area contributed by atoms with Gasteiger partial charge in [-0.3, -0.25) is 14.5 Å². The molecule has 2 atom stereocenters. The first-order chi connectivity index (χ1) is 13.7. The van der Waals surface area contributed by atoms with Gasteiger partial charge in [0, 0.05) is 33.6 Å². The fourth-order valence-corrected chi connectivity index (χ4v) is 5.21. The lowest BCUT2D eigenvalue weighted by Crippen LogP contribution is -2.33. The molecule has 4 heteroatoms. The summed E-state index contributed by atoms with van der Waals surface area (Å²) in [6, 6.07) is 23.3. The molecule has 0 N–H and O–H groups in total. The van der Waals surface area contributed by atoms with E-state index in [2.05, 4.69) is 28.1 Å². The molecule has 1 aliphatic carbocycles. The largest absolute Gasteiger partial charge is 0.300 e. The summed E-state index contributed by atoms with van der Waals surface area (Å²) in [7, 11) is 0. The van der Waals surface area contributed by atoms with E-state index in [1.165, 1.54) is 0 Å². The number of Topliss-reactive ketones (excluding diaryl/α,β-unsaturated/α-hetero) is 1. The number of carbonyl (C=O) groups excluding carboxylic acids is 2. The van der Waals surface area contributed by atoms with Gasteiger partial charge in [-0.2, -0.15) is 0 Å². The number of hydrogen-bond acceptors (Lipinski definition) is 2. The van der Waals surface area contributed by atoms with E-state index < -0.39 is 0 Å². The van der Waals surface area contributed by atoms with Gasteiger partial charge in [-0.05, 0) is 41.8 Å². The molecule has 3 aromatic carbocycles. The number of hydrogen-bond donors (Lipinski definition) is 0. The molecule has 0 saturated carbocycles. The summed E-state index contributed by atoms with van der Waals surface area (Å²) in [6.45, 7) is 0. The average molecular weight is 432 g/mol. The van der Waals surface area contributed by atoms with Gasteiger partial charge in [0.1, 0.15) is 0 Å². The Morgan fingerprint density at radius 1 is 0.929 bits per heavy atom. The molecule has 1 aliphatic heterocycles. The summed E-state index contributed by atoms with van der Waals surface area (Å²) < 4.78 is 0.821. The van der Waals surface area contributed by atoms with Crippen LogP contribution in [0.3, 0.4) is 0 Å². The quantitative estimate of drug-likeness (QED) is 0.505. The fourth-order valence-electron chi connectivity index (χ4n) is 4.64. The third-order valence-electron chi connectivity index (χ3n) is 5.80. The van der Waals surface area contributed by atoms with Crippen molar-refractivity contribution in [1.29, 1.82) is 0 Å². The van der Waals surface area contributed by atoms with Crippen molar-refractivity contribution in [3.63, 3.8) is 0 Å². The Kier molecular flexibility index (Phi) is 4.17. The third-order valence-corrected chi connectivity index (χ3v) is 6.46. The van der Waals surface area contributed by atoms with Crippen LogP contribution in [-0.2, 0) is 0 Å². The van der Waals surface area contributed by atoms with Gasteiger partial charge in [-0.15, -0.1) is 0 Å². The maximum atomic E-state index is 13.6. The molecule has 3 aromatic rings. The normalized spacial score (nSPS) is 20.2. The van der Waals surface area contributed by atoms with Gasteiger partial charge in [0.25, 0.3) is 5.91 Å². The van der Waals surface area contributed by atoms with Crippen LogP contribution in [0, 0.1) is 0 Å². The van der Waals surface area contributed by atoms with Gasteiger partial charge in [0.15, 0.2) is 5.78 Å². The van der Waals surface area contributed by atoms with E-state index in [1.54, 1.807) is 0 Å². The van der Waals surface area contributed by atoms with Gasteiger partial charge in [0.2, 0.25) is 0 Å². The zero-order valence-corrected chi connectivity index (χ0v) is 16.7. The van der Waals surface area contributed by atoms with E-state index in [4.69, 9.17) is 0 Å². The second-order valence-corrected chi connectivity index (χ2v) is 8.17. The predicted molar refractivity (Wildman–Crippen MR) is 113 cm³/mol. The molecule has 0 fully saturated rings. The number of ketones is 1. The number of amides is 1. The molecule has 0 saturated heterocycles. The van der Waals surface area contributed by atoms with Crippen molar-refractivity contribution in [2.24, 2.45) is 0 Å². The van der Waals surface area contributed by atoms with Crippen LogP contribution in [0.4, 0.5) is 5.69 Å². The summed E-state index contributed by atoms with van der Waals surface area (Å²) in [5, 5.41) is 0. The van der Waals surface area contributed by atoms with Gasteiger partial charge in [0.05, 0.1) is 6.04 Å². The molecule has 0 spiro atoms. The molecule has 0 radical (unpaired) electrons. The second-order valence-electron chi connectivity index (χ2n) is 7.32. The van der Waals surface area contributed by atoms with E-state index in [0.29, 0.717) is 12.0 Å². The van der Waals surface area contributed by atoms with Crippen LogP contribution >= 0.6 is 15.9 Å². The molecule has 0 aromatic heterocycles. The van der Waals surface area contributed by atoms with Crippen molar-refractivity contribution in [3.05, 3.63) is 99.5 Å². The van der Waals surface area contributed by atoms with Crippen LogP contribution < -0.4 is 4.90 Å². The lowest BCUT2D eigenvalue weighted by atomic mass is 9.78. The first-order valence-electron chi connectivity index (χ1n) is 9.46. The summed E-state index contributed by atoms with van der Waals surface area (Å²) in [5.41, 5.74) is 4.38. The van der Waals surface area contributed by atoms with Crippen molar-refractivity contribution in [1.82, 2.24) is 0 Å². The SMILES string of the molecule is O=C1CCC2c3c(ccc(Br)c31)N(C(=O)c1ccccc1)C2c1ccccc1. The van der Waals surface area contributed by atoms with Crippen molar-refractivity contribution < 1.29 is 9.59 Å². The molecule has 28 heavy (non-hydrogen) atoms. The number of nitrogens with zero attached hydrogens (tertiary/aromatic N) is 1. The highest BCUT2D eigenvalue weighted by Crippen LogP contribution is 2.56. The molecule has 138 valence electrons. The van der Waals surface area contributed by atoms with Gasteiger partial charge in [-0.1, -0.05) is 64.5 Å². The molecular weight excluding hydrogens is 414 g/mol. The maximum Gasteiger partial charge on any atom is 0.258 e. The van der Waals surface area contributed by atoms with Crippen molar-refractivity contribution in [3.8, 4) is 0 Å². The number of anilines is 1. The average Bonchev–Trinajstić information content (AvgIpc) is 3.07. The highest BCUT2D eigenvalue weighted by Gasteiger charge is 2.47. The minimum absolute atomic E-state index is 0.0270. The zero-order chi connectivity index (χ0) is 19.3. The van der Waals surface area contributed by atoms with E-state index >= 15 is 0 Å². The number of rotatable bonds is 2. The van der Waals surface area contributed by atoms with Crippen LogP contribution in [-0.4, -0.2) is 11.7 Å². The van der Waals surface area contributed by atoms with Gasteiger partial charge in [-0.25, -0.2) is 0 Å². The van der Waals surface area contributed by atoms with Crippen molar-refractivity contribution >= 4 is 33.3 Å². The first-order valence-corrected chi connectivity index (χ1v) is 10.3. The Morgan fingerprint density at radius 2 is 1.61 bits per heavy atom. The van der Waals surface area contributed by atoms with Crippen molar-refractivity contribution in [2.75, 3.05) is 4.90 Å². The molecule has 5 rings (SSSR count). The first kappa shape index (κ1) is 17.4. The Morgan fingerprint density at radius 3 is 2.32 bits per heavy atom. The zero-order valence-electron chi connectivity index (χ0n) is 15.1. The Labute approximate surface area is 172 Å². The van der Waals surface area contributed by atoms with Crippen LogP contribution in [0.1, 0.15) is 56.6 Å². The second kappa shape index (κ2) is 6.71. The standard InChI is InChI=1S/C24H18BrNO2/c25-18-12-13-19-21-17(11-14-20(27)22(18)21)23(15-7-3-1-4-8-15)26(19)24(28)16-9-5-2-6-10-16/h1-10,12-13,17,23H,11,14H2. The van der Waals surface area contributed by atoms with Crippen LogP contribution in [0.25, 0.3) is 0 Å². The fraction of sp³-hybridized carbons (Fsp3) is 0.167. The van der Waals surface area contributed by atoms with Gasteiger partial charge < -0.3 is 0 Å². The minimum Gasteiger partial charge on any atom is -0.300 e. The molecule has 2 aliphatic rings. The molecule has 1 amide bonds. The lowest BCUT2D eigenvalue weighted by Gasteiger charge is -2.30. The highest BCUT2D eigenvalue weighted by atomic mass is 79.9.